The molecule has 0 spiro atoms. The second-order valence-corrected chi connectivity index (χ2v) is 10.8. The molecule has 2 heterocycles. The number of methoxy groups -OCH3 is 1. The molecule has 3 aromatic rings. The highest BCUT2D eigenvalue weighted by atomic mass is 35.5. The summed E-state index contributed by atoms with van der Waals surface area (Å²) in [4.78, 5) is 48.7. The fourth-order valence-electron chi connectivity index (χ4n) is 4.39. The Morgan fingerprint density at radius 3 is 2.54 bits per heavy atom. The largest absolute Gasteiger partial charge is 0.383 e. The topological polar surface area (TPSA) is 95.1 Å². The Morgan fingerprint density at radius 1 is 1.07 bits per heavy atom. The monoisotopic (exact) mass is 595 g/mol. The van der Waals surface area contributed by atoms with Gasteiger partial charge in [-0.05, 0) is 17.7 Å². The molecule has 0 unspecified atom stereocenters. The van der Waals surface area contributed by atoms with Crippen molar-refractivity contribution in [1.82, 2.24) is 19.7 Å². The van der Waals surface area contributed by atoms with Crippen LogP contribution in [0.25, 0.3) is 6.08 Å². The number of carbonyl (C=O) groups excluding carboxylic acids is 3. The molecule has 11 heteroatoms. The summed E-state index contributed by atoms with van der Waals surface area (Å²) in [5.74, 6) is -0.740. The molecule has 41 heavy (non-hydrogen) atoms. The number of carbonyl (C=O) groups is 3. The SMILES string of the molecule is COCCN(CC(=O)Nc1nc(CC(=O)N2CCN(C/C=C/c3ccccc3)CC2)cs1)C(=O)c1ccccc1Cl. The number of benzene rings is 2. The van der Waals surface area contributed by atoms with Crippen molar-refractivity contribution in [2.24, 2.45) is 0 Å². The number of thiazole rings is 1. The maximum absolute atomic E-state index is 13.0. The summed E-state index contributed by atoms with van der Waals surface area (Å²) >= 11 is 7.44. The van der Waals surface area contributed by atoms with Crippen LogP contribution in [0.15, 0.2) is 66.1 Å². The molecule has 0 radical (unpaired) electrons. The van der Waals surface area contributed by atoms with E-state index in [9.17, 15) is 14.4 Å². The molecule has 4 rings (SSSR count). The quantitative estimate of drug-likeness (QED) is 0.341. The molecule has 0 aliphatic carbocycles. The second-order valence-electron chi connectivity index (χ2n) is 9.56. The highest BCUT2D eigenvalue weighted by Gasteiger charge is 2.23. The Bertz CT molecular complexity index is 1340. The molecule has 0 bridgehead atoms. The van der Waals surface area contributed by atoms with Crippen LogP contribution in [-0.2, 0) is 20.7 Å². The van der Waals surface area contributed by atoms with Gasteiger partial charge in [0.05, 0.1) is 29.3 Å². The second kappa shape index (κ2) is 15.4. The lowest BCUT2D eigenvalue weighted by molar-refractivity contribution is -0.132. The number of ether oxygens (including phenoxy) is 1. The molecule has 0 saturated carbocycles. The van der Waals surface area contributed by atoms with Crippen molar-refractivity contribution in [3.8, 4) is 0 Å². The van der Waals surface area contributed by atoms with Gasteiger partial charge in [0.1, 0.15) is 6.54 Å². The van der Waals surface area contributed by atoms with Crippen LogP contribution < -0.4 is 5.32 Å². The molecule has 9 nitrogen and oxygen atoms in total. The molecule has 1 aliphatic heterocycles. The highest BCUT2D eigenvalue weighted by Crippen LogP contribution is 2.19. The third-order valence-corrected chi connectivity index (χ3v) is 7.76. The number of piperazine rings is 1. The van der Waals surface area contributed by atoms with E-state index in [1.807, 2.05) is 23.1 Å². The van der Waals surface area contributed by atoms with E-state index in [1.54, 1.807) is 29.6 Å². The number of hydrogen-bond donors (Lipinski definition) is 1. The number of hydrogen-bond acceptors (Lipinski definition) is 7. The third kappa shape index (κ3) is 9.22. The molecule has 1 aliphatic rings. The number of halogens is 1. The Kier molecular flexibility index (Phi) is 11.4. The van der Waals surface area contributed by atoms with Crippen molar-refractivity contribution < 1.29 is 19.1 Å². The number of amides is 3. The van der Waals surface area contributed by atoms with Crippen molar-refractivity contribution in [2.45, 2.75) is 6.42 Å². The van der Waals surface area contributed by atoms with Gasteiger partial charge < -0.3 is 19.9 Å². The number of nitrogens with zero attached hydrogens (tertiary/aromatic N) is 4. The molecule has 1 N–H and O–H groups in total. The summed E-state index contributed by atoms with van der Waals surface area (Å²) in [5.41, 5.74) is 2.10. The predicted octanol–water partition coefficient (Wildman–Crippen LogP) is 3.92. The minimum atomic E-state index is -0.397. The predicted molar refractivity (Wildman–Crippen MR) is 162 cm³/mol. The van der Waals surface area contributed by atoms with Crippen LogP contribution in [-0.4, -0.2) is 96.9 Å². The lowest BCUT2D eigenvalue weighted by Gasteiger charge is -2.34. The zero-order valence-electron chi connectivity index (χ0n) is 23.0. The van der Waals surface area contributed by atoms with E-state index in [2.05, 4.69) is 39.5 Å². The Labute approximate surface area is 249 Å². The molecule has 1 saturated heterocycles. The van der Waals surface area contributed by atoms with E-state index in [4.69, 9.17) is 16.3 Å². The van der Waals surface area contributed by atoms with Crippen molar-refractivity contribution in [3.05, 3.63) is 87.9 Å². The van der Waals surface area contributed by atoms with Gasteiger partial charge in [0, 0.05) is 51.8 Å². The van der Waals surface area contributed by atoms with Gasteiger partial charge in [-0.1, -0.05) is 66.2 Å². The van der Waals surface area contributed by atoms with E-state index in [0.29, 0.717) is 34.5 Å². The van der Waals surface area contributed by atoms with E-state index >= 15 is 0 Å². The summed E-state index contributed by atoms with van der Waals surface area (Å²) in [5, 5.41) is 5.21. The zero-order chi connectivity index (χ0) is 29.0. The first-order valence-electron chi connectivity index (χ1n) is 13.4. The van der Waals surface area contributed by atoms with Crippen molar-refractivity contribution in [3.63, 3.8) is 0 Å². The smallest absolute Gasteiger partial charge is 0.255 e. The van der Waals surface area contributed by atoms with Gasteiger partial charge in [0.25, 0.3) is 5.91 Å². The van der Waals surface area contributed by atoms with Crippen molar-refractivity contribution in [1.29, 1.82) is 0 Å². The van der Waals surface area contributed by atoms with Gasteiger partial charge in [0.2, 0.25) is 11.8 Å². The normalized spacial score (nSPS) is 13.9. The van der Waals surface area contributed by atoms with Crippen LogP contribution in [0.3, 0.4) is 0 Å². The van der Waals surface area contributed by atoms with Gasteiger partial charge in [-0.2, -0.15) is 0 Å². The van der Waals surface area contributed by atoms with Gasteiger partial charge in [0.15, 0.2) is 5.13 Å². The van der Waals surface area contributed by atoms with Gasteiger partial charge in [-0.25, -0.2) is 4.98 Å². The van der Waals surface area contributed by atoms with Crippen LogP contribution in [0.2, 0.25) is 5.02 Å². The summed E-state index contributed by atoms with van der Waals surface area (Å²) in [7, 11) is 1.53. The average molecular weight is 596 g/mol. The van der Waals surface area contributed by atoms with Crippen LogP contribution in [0, 0.1) is 0 Å². The molecule has 1 fully saturated rings. The molecule has 2 aromatic carbocycles. The zero-order valence-corrected chi connectivity index (χ0v) is 24.6. The average Bonchev–Trinajstić information content (AvgIpc) is 3.42. The molecule has 1 aromatic heterocycles. The fourth-order valence-corrected chi connectivity index (χ4v) is 5.33. The maximum Gasteiger partial charge on any atom is 0.255 e. The summed E-state index contributed by atoms with van der Waals surface area (Å²) in [6.45, 7) is 4.12. The maximum atomic E-state index is 13.0. The van der Waals surface area contributed by atoms with Crippen molar-refractivity contribution >= 4 is 51.9 Å². The number of anilines is 1. The fraction of sp³-hybridized carbons (Fsp3) is 0.333. The minimum absolute atomic E-state index is 0.0173. The molecular formula is C30H34ClN5O4S. The Morgan fingerprint density at radius 2 is 1.80 bits per heavy atom. The molecule has 3 amide bonds. The molecule has 0 atom stereocenters. The number of nitrogens with one attached hydrogen (secondary N) is 1. The first kappa shape index (κ1) is 30.4. The highest BCUT2D eigenvalue weighted by molar-refractivity contribution is 7.13. The van der Waals surface area contributed by atoms with E-state index in [-0.39, 0.29) is 37.9 Å². The first-order valence-corrected chi connectivity index (χ1v) is 14.7. The van der Waals surface area contributed by atoms with Crippen LogP contribution in [0.1, 0.15) is 21.6 Å². The number of aromatic nitrogens is 1. The van der Waals surface area contributed by atoms with Gasteiger partial charge in [-0.3, -0.25) is 19.3 Å². The third-order valence-electron chi connectivity index (χ3n) is 6.62. The lowest BCUT2D eigenvalue weighted by atomic mass is 10.2. The summed E-state index contributed by atoms with van der Waals surface area (Å²) < 4.78 is 5.11. The minimum Gasteiger partial charge on any atom is -0.383 e. The van der Waals surface area contributed by atoms with Gasteiger partial charge >= 0.3 is 0 Å². The molecular weight excluding hydrogens is 562 g/mol. The summed E-state index contributed by atoms with van der Waals surface area (Å²) in [6.07, 6.45) is 4.44. The van der Waals surface area contributed by atoms with Gasteiger partial charge in [-0.15, -0.1) is 11.3 Å². The number of rotatable bonds is 12. The first-order chi connectivity index (χ1) is 19.9. The lowest BCUT2D eigenvalue weighted by Crippen LogP contribution is -2.49. The standard InChI is InChI=1S/C30H34ClN5O4S/c1-40-19-18-36(29(39)25-11-5-6-12-26(25)31)21-27(37)33-30-32-24(22-41-30)20-28(38)35-16-14-34(15-17-35)13-7-10-23-8-3-2-4-9-23/h2-12,22H,13-21H2,1H3,(H,32,33,37)/b10-7+. The van der Waals surface area contributed by atoms with Crippen LogP contribution in [0.5, 0.6) is 0 Å². The van der Waals surface area contributed by atoms with E-state index in [0.717, 1.165) is 19.6 Å². The van der Waals surface area contributed by atoms with Crippen LogP contribution >= 0.6 is 22.9 Å². The van der Waals surface area contributed by atoms with Crippen molar-refractivity contribution in [2.75, 3.05) is 64.8 Å². The Hall–Kier alpha value is -3.57. The van der Waals surface area contributed by atoms with Crippen LogP contribution in [0.4, 0.5) is 5.13 Å². The summed E-state index contributed by atoms with van der Waals surface area (Å²) in [6, 6.07) is 16.9. The molecule has 216 valence electrons. The van der Waals surface area contributed by atoms with E-state index in [1.165, 1.54) is 28.9 Å². The van der Waals surface area contributed by atoms with E-state index < -0.39 is 5.91 Å². The Balaban J connectivity index is 1.23.